The number of halogens is 1. The summed E-state index contributed by atoms with van der Waals surface area (Å²) in [7, 11) is 0. The van der Waals surface area contributed by atoms with Gasteiger partial charge in [-0.05, 0) is 110 Å². The summed E-state index contributed by atoms with van der Waals surface area (Å²) in [6, 6.07) is 9.39. The SMILES string of the molecule is Cc1cc(-c2nnn(CC(C)(C)O)n2)cc(C)c1-c1ccc(F)c2c1CC[C@H]2Cc1cc2c(cn1)[C@H](CC(=O)O)CO2. The van der Waals surface area contributed by atoms with E-state index in [1.54, 1.807) is 26.1 Å². The van der Waals surface area contributed by atoms with Gasteiger partial charge in [0.25, 0.3) is 0 Å². The number of carboxylic acid groups (broad SMARTS) is 1. The number of aliphatic carboxylic acids is 1. The van der Waals surface area contributed by atoms with Gasteiger partial charge in [-0.1, -0.05) is 6.07 Å². The first-order chi connectivity index (χ1) is 20.0. The summed E-state index contributed by atoms with van der Waals surface area (Å²) in [5.41, 5.74) is 7.49. The average molecular weight is 572 g/mol. The second-order valence-corrected chi connectivity index (χ2v) is 12.2. The van der Waals surface area contributed by atoms with Gasteiger partial charge in [0, 0.05) is 35.0 Å². The molecule has 3 heterocycles. The van der Waals surface area contributed by atoms with Gasteiger partial charge in [-0.25, -0.2) is 4.39 Å². The Hall–Kier alpha value is -4.18. The normalized spacial score (nSPS) is 17.7. The van der Waals surface area contributed by atoms with Crippen molar-refractivity contribution < 1.29 is 24.1 Å². The number of hydrogen-bond donors (Lipinski definition) is 2. The molecule has 2 aromatic carbocycles. The zero-order valence-electron chi connectivity index (χ0n) is 24.2. The van der Waals surface area contributed by atoms with Crippen molar-refractivity contribution in [1.82, 2.24) is 25.2 Å². The number of aromatic nitrogens is 5. The average Bonchev–Trinajstić information content (AvgIpc) is 3.63. The molecule has 4 aromatic rings. The Labute approximate surface area is 243 Å². The molecular formula is C32H34FN5O4. The highest BCUT2D eigenvalue weighted by atomic mass is 19.1. The minimum absolute atomic E-state index is 0.0105. The molecule has 0 unspecified atom stereocenters. The molecule has 2 aliphatic rings. The number of ether oxygens (including phenoxy) is 1. The van der Waals surface area contributed by atoms with Crippen LogP contribution in [-0.4, -0.2) is 53.6 Å². The lowest BCUT2D eigenvalue weighted by Crippen LogP contribution is -2.27. The Morgan fingerprint density at radius 2 is 1.93 bits per heavy atom. The molecule has 2 aromatic heterocycles. The Kier molecular flexibility index (Phi) is 7.04. The Balaban J connectivity index is 1.28. The minimum Gasteiger partial charge on any atom is -0.493 e. The number of rotatable bonds is 8. The van der Waals surface area contributed by atoms with Crippen LogP contribution in [0.25, 0.3) is 22.5 Å². The molecule has 1 aliphatic heterocycles. The molecule has 0 saturated carbocycles. The first-order valence-corrected chi connectivity index (χ1v) is 14.2. The van der Waals surface area contributed by atoms with Gasteiger partial charge in [0.05, 0.1) is 25.2 Å². The van der Waals surface area contributed by atoms with Gasteiger partial charge < -0.3 is 14.9 Å². The van der Waals surface area contributed by atoms with E-state index in [-0.39, 0.29) is 30.6 Å². The lowest BCUT2D eigenvalue weighted by atomic mass is 9.87. The van der Waals surface area contributed by atoms with Crippen molar-refractivity contribution >= 4 is 5.97 Å². The second kappa shape index (κ2) is 10.6. The van der Waals surface area contributed by atoms with Crippen molar-refractivity contribution in [3.8, 4) is 28.3 Å². The predicted molar refractivity (Wildman–Crippen MR) is 154 cm³/mol. The summed E-state index contributed by atoms with van der Waals surface area (Å²) < 4.78 is 21.2. The van der Waals surface area contributed by atoms with E-state index in [4.69, 9.17) is 4.74 Å². The number of carboxylic acids is 1. The van der Waals surface area contributed by atoms with Gasteiger partial charge >= 0.3 is 5.97 Å². The van der Waals surface area contributed by atoms with E-state index < -0.39 is 11.6 Å². The van der Waals surface area contributed by atoms with Gasteiger partial charge in [-0.15, -0.1) is 10.2 Å². The number of hydrogen-bond acceptors (Lipinski definition) is 7. The lowest BCUT2D eigenvalue weighted by Gasteiger charge is -2.18. The smallest absolute Gasteiger partial charge is 0.304 e. The maximum Gasteiger partial charge on any atom is 0.304 e. The van der Waals surface area contributed by atoms with Crippen molar-refractivity contribution in [3.63, 3.8) is 0 Å². The first-order valence-electron chi connectivity index (χ1n) is 14.2. The van der Waals surface area contributed by atoms with Gasteiger partial charge in [0.1, 0.15) is 11.6 Å². The van der Waals surface area contributed by atoms with Crippen LogP contribution < -0.4 is 4.74 Å². The van der Waals surface area contributed by atoms with Crippen molar-refractivity contribution in [1.29, 1.82) is 0 Å². The number of carbonyl (C=O) groups is 1. The van der Waals surface area contributed by atoms with Crippen LogP contribution in [0.3, 0.4) is 0 Å². The molecule has 2 atom stereocenters. The number of aliphatic hydroxyl groups is 1. The van der Waals surface area contributed by atoms with Gasteiger partial charge in [-0.2, -0.15) is 4.80 Å². The van der Waals surface area contributed by atoms with Crippen molar-refractivity contribution in [2.24, 2.45) is 0 Å². The van der Waals surface area contributed by atoms with Crippen LogP contribution in [0.1, 0.15) is 72.0 Å². The summed E-state index contributed by atoms with van der Waals surface area (Å²) in [4.78, 5) is 17.2. The Bertz CT molecular complexity index is 1670. The molecule has 10 heteroatoms. The molecule has 218 valence electrons. The minimum atomic E-state index is -0.954. The van der Waals surface area contributed by atoms with E-state index in [9.17, 15) is 15.0 Å². The summed E-state index contributed by atoms with van der Waals surface area (Å²) in [6.45, 7) is 8.05. The molecule has 9 nitrogen and oxygen atoms in total. The molecule has 0 spiro atoms. The topological polar surface area (TPSA) is 123 Å². The molecular weight excluding hydrogens is 537 g/mol. The van der Waals surface area contributed by atoms with Crippen LogP contribution in [0.4, 0.5) is 4.39 Å². The molecule has 0 fully saturated rings. The number of benzene rings is 2. The Morgan fingerprint density at radius 1 is 1.17 bits per heavy atom. The molecule has 0 radical (unpaired) electrons. The Morgan fingerprint density at radius 3 is 2.64 bits per heavy atom. The fourth-order valence-electron chi connectivity index (χ4n) is 6.48. The van der Waals surface area contributed by atoms with Crippen molar-refractivity contribution in [2.75, 3.05) is 6.61 Å². The molecule has 0 saturated heterocycles. The maximum absolute atomic E-state index is 15.4. The van der Waals surface area contributed by atoms with Crippen LogP contribution in [-0.2, 0) is 24.2 Å². The summed E-state index contributed by atoms with van der Waals surface area (Å²) in [6.07, 6.45) is 3.89. The van der Waals surface area contributed by atoms with E-state index in [0.717, 1.165) is 63.0 Å². The van der Waals surface area contributed by atoms with Crippen LogP contribution in [0, 0.1) is 19.7 Å². The number of aryl methyl sites for hydroxylation is 2. The van der Waals surface area contributed by atoms with E-state index in [0.29, 0.717) is 24.6 Å². The number of tetrazole rings is 1. The summed E-state index contributed by atoms with van der Waals surface area (Å²) in [5.74, 6) is -0.104. The standard InChI is InChI=1S/C32H34FN5O4/c1-17-9-20(31-35-37-38(36-31)16-32(3,4)41)10-18(2)29(17)23-7-8-26(33)30-19(5-6-24(23)30)11-22-13-27-25(14-34-22)21(15-42-27)12-28(39)40/h7-10,13-14,19,21,41H,5-6,11-12,15-16H2,1-4H3,(H,39,40)/t19-,21+/m0/s1. The molecule has 1 aliphatic carbocycles. The fraction of sp³-hybridized carbons (Fsp3) is 0.406. The predicted octanol–water partition coefficient (Wildman–Crippen LogP) is 5.15. The zero-order valence-corrected chi connectivity index (χ0v) is 24.2. The second-order valence-electron chi connectivity index (χ2n) is 12.2. The maximum atomic E-state index is 15.4. The van der Waals surface area contributed by atoms with Crippen molar-refractivity contribution in [2.45, 2.75) is 77.4 Å². The molecule has 6 rings (SSSR count). The number of fused-ring (bicyclic) bond motifs is 2. The van der Waals surface area contributed by atoms with Crippen LogP contribution in [0.2, 0.25) is 0 Å². The summed E-state index contributed by atoms with van der Waals surface area (Å²) in [5, 5.41) is 32.0. The highest BCUT2D eigenvalue weighted by Crippen LogP contribution is 2.44. The fourth-order valence-corrected chi connectivity index (χ4v) is 6.48. The van der Waals surface area contributed by atoms with Crippen LogP contribution in [0.5, 0.6) is 5.75 Å². The van der Waals surface area contributed by atoms with Gasteiger partial charge in [-0.3, -0.25) is 9.78 Å². The highest BCUT2D eigenvalue weighted by molar-refractivity contribution is 5.78. The van der Waals surface area contributed by atoms with Crippen LogP contribution >= 0.6 is 0 Å². The molecule has 2 N–H and O–H groups in total. The molecule has 0 amide bonds. The van der Waals surface area contributed by atoms with E-state index in [1.165, 1.54) is 4.80 Å². The number of nitrogens with zero attached hydrogens (tertiary/aromatic N) is 5. The highest BCUT2D eigenvalue weighted by Gasteiger charge is 2.32. The zero-order chi connectivity index (χ0) is 29.8. The first kappa shape index (κ1) is 28.0. The van der Waals surface area contributed by atoms with Crippen LogP contribution in [0.15, 0.2) is 36.5 Å². The quantitative estimate of drug-likeness (QED) is 0.298. The third-order valence-electron chi connectivity index (χ3n) is 8.20. The molecule has 0 bridgehead atoms. The molecule has 42 heavy (non-hydrogen) atoms. The largest absolute Gasteiger partial charge is 0.493 e. The van der Waals surface area contributed by atoms with Crippen molar-refractivity contribution in [3.05, 3.63) is 75.9 Å². The lowest BCUT2D eigenvalue weighted by molar-refractivity contribution is -0.137. The number of pyridine rings is 1. The van der Waals surface area contributed by atoms with E-state index in [1.807, 2.05) is 38.1 Å². The third-order valence-corrected chi connectivity index (χ3v) is 8.20. The third kappa shape index (κ3) is 5.38. The van der Waals surface area contributed by atoms with E-state index in [2.05, 4.69) is 20.4 Å². The van der Waals surface area contributed by atoms with E-state index >= 15 is 4.39 Å². The van der Waals surface area contributed by atoms with Gasteiger partial charge in [0.15, 0.2) is 0 Å². The summed E-state index contributed by atoms with van der Waals surface area (Å²) >= 11 is 0. The van der Waals surface area contributed by atoms with Gasteiger partial charge in [0.2, 0.25) is 5.82 Å². The monoisotopic (exact) mass is 571 g/mol.